The van der Waals surface area contributed by atoms with Gasteiger partial charge in [0.05, 0.1) is 41.8 Å². The molecule has 0 unspecified atom stereocenters. The van der Waals surface area contributed by atoms with Gasteiger partial charge in [0.1, 0.15) is 12.4 Å². The molecular weight excluding hydrogens is 465 g/mol. The molecule has 3 aromatic rings. The van der Waals surface area contributed by atoms with Gasteiger partial charge in [0.2, 0.25) is 18.1 Å². The van der Waals surface area contributed by atoms with Gasteiger partial charge in [-0.15, -0.1) is 0 Å². The molecule has 3 heterocycles. The summed E-state index contributed by atoms with van der Waals surface area (Å²) in [4.78, 5) is 29.4. The number of hydrogen-bond acceptors (Lipinski definition) is 8. The van der Waals surface area contributed by atoms with E-state index in [0.717, 1.165) is 6.54 Å². The zero-order valence-electron chi connectivity index (χ0n) is 19.8. The van der Waals surface area contributed by atoms with E-state index in [0.29, 0.717) is 40.3 Å². The highest BCUT2D eigenvalue weighted by Crippen LogP contribution is 2.36. The average Bonchev–Trinajstić information content (AvgIpc) is 3.63. The van der Waals surface area contributed by atoms with E-state index in [9.17, 15) is 9.18 Å². The first kappa shape index (κ1) is 23.8. The number of anilines is 1. The summed E-state index contributed by atoms with van der Waals surface area (Å²) in [5.74, 6) is 0.915. The molecule has 1 aromatic carbocycles. The molecular formula is C25H26FN7O3. The van der Waals surface area contributed by atoms with Crippen molar-refractivity contribution in [2.75, 3.05) is 31.6 Å². The van der Waals surface area contributed by atoms with Crippen LogP contribution < -0.4 is 10.6 Å². The number of aromatic amines is 1. The fourth-order valence-electron chi connectivity index (χ4n) is 3.88. The number of nitriles is 1. The van der Waals surface area contributed by atoms with Gasteiger partial charge in [-0.3, -0.25) is 4.79 Å². The summed E-state index contributed by atoms with van der Waals surface area (Å²) in [5.41, 5.74) is 1.54. The van der Waals surface area contributed by atoms with Gasteiger partial charge in [0.25, 0.3) is 0 Å². The van der Waals surface area contributed by atoms with E-state index in [-0.39, 0.29) is 31.5 Å². The van der Waals surface area contributed by atoms with E-state index < -0.39 is 11.7 Å². The summed E-state index contributed by atoms with van der Waals surface area (Å²) in [6, 6.07) is 9.68. The summed E-state index contributed by atoms with van der Waals surface area (Å²) < 4.78 is 25.3. The lowest BCUT2D eigenvalue weighted by Crippen LogP contribution is -2.48. The number of aromatic nitrogens is 4. The maximum atomic E-state index is 13.6. The van der Waals surface area contributed by atoms with E-state index in [1.165, 1.54) is 25.0 Å². The number of ether oxygens (including phenoxy) is 2. The SMILES string of the molecule is CC1(C(=O)NCC#N)COC(c2nc(-c3ccc(F)cc3)c(-c3ccnc(NCC4CC4)n3)[nH]2)OC1. The van der Waals surface area contributed by atoms with Crippen molar-refractivity contribution in [1.82, 2.24) is 25.3 Å². The topological polar surface area (TPSA) is 138 Å². The molecule has 10 nitrogen and oxygen atoms in total. The van der Waals surface area contributed by atoms with Crippen molar-refractivity contribution >= 4 is 11.9 Å². The van der Waals surface area contributed by atoms with Gasteiger partial charge in [-0.05, 0) is 56.0 Å². The molecule has 3 N–H and O–H groups in total. The summed E-state index contributed by atoms with van der Waals surface area (Å²) >= 11 is 0. The second-order valence-corrected chi connectivity index (χ2v) is 9.30. The van der Waals surface area contributed by atoms with Crippen molar-refractivity contribution in [2.24, 2.45) is 11.3 Å². The lowest BCUT2D eigenvalue weighted by Gasteiger charge is -2.35. The van der Waals surface area contributed by atoms with E-state index in [4.69, 9.17) is 19.7 Å². The third-order valence-electron chi connectivity index (χ3n) is 6.20. The van der Waals surface area contributed by atoms with Gasteiger partial charge in [-0.2, -0.15) is 5.26 Å². The molecule has 36 heavy (non-hydrogen) atoms. The minimum atomic E-state index is -0.933. The number of amides is 1. The van der Waals surface area contributed by atoms with Crippen LogP contribution in [0.5, 0.6) is 0 Å². The minimum absolute atomic E-state index is 0.0829. The summed E-state index contributed by atoms with van der Waals surface area (Å²) in [7, 11) is 0. The first-order valence-electron chi connectivity index (χ1n) is 11.8. The monoisotopic (exact) mass is 491 g/mol. The lowest BCUT2D eigenvalue weighted by atomic mass is 9.91. The van der Waals surface area contributed by atoms with E-state index in [1.807, 2.05) is 6.07 Å². The Bertz CT molecular complexity index is 1280. The normalized spacial score (nSPS) is 21.5. The molecule has 11 heteroatoms. The molecule has 0 radical (unpaired) electrons. The number of imidazole rings is 1. The van der Waals surface area contributed by atoms with Crippen LogP contribution in [0.2, 0.25) is 0 Å². The molecule has 2 fully saturated rings. The van der Waals surface area contributed by atoms with Gasteiger partial charge in [-0.25, -0.2) is 19.3 Å². The molecule has 2 aromatic heterocycles. The third-order valence-corrected chi connectivity index (χ3v) is 6.20. The Hall–Kier alpha value is -3.88. The summed E-state index contributed by atoms with van der Waals surface area (Å²) in [5, 5.41) is 14.5. The number of hydrogen-bond donors (Lipinski definition) is 3. The molecule has 1 aliphatic heterocycles. The van der Waals surface area contributed by atoms with Crippen LogP contribution in [0.3, 0.4) is 0 Å². The molecule has 5 rings (SSSR count). The van der Waals surface area contributed by atoms with Gasteiger partial charge in [-0.1, -0.05) is 0 Å². The van der Waals surface area contributed by atoms with Gasteiger partial charge in [0, 0.05) is 18.3 Å². The maximum absolute atomic E-state index is 13.6. The molecule has 0 atom stereocenters. The first-order chi connectivity index (χ1) is 17.4. The number of carbonyl (C=O) groups is 1. The van der Waals surface area contributed by atoms with Crippen LogP contribution in [0.15, 0.2) is 36.5 Å². The first-order valence-corrected chi connectivity index (χ1v) is 11.8. The third kappa shape index (κ3) is 5.19. The van der Waals surface area contributed by atoms with Crippen molar-refractivity contribution in [3.63, 3.8) is 0 Å². The molecule has 186 valence electrons. The molecule has 1 saturated heterocycles. The number of nitrogens with zero attached hydrogens (tertiary/aromatic N) is 4. The second-order valence-electron chi connectivity index (χ2n) is 9.30. The largest absolute Gasteiger partial charge is 0.354 e. The fourth-order valence-corrected chi connectivity index (χ4v) is 3.88. The van der Waals surface area contributed by atoms with Gasteiger partial charge in [0.15, 0.2) is 5.82 Å². The van der Waals surface area contributed by atoms with Crippen molar-refractivity contribution in [1.29, 1.82) is 5.26 Å². The Labute approximate surface area is 207 Å². The van der Waals surface area contributed by atoms with Crippen LogP contribution in [-0.2, 0) is 14.3 Å². The number of benzene rings is 1. The zero-order valence-corrected chi connectivity index (χ0v) is 19.8. The molecule has 1 saturated carbocycles. The Kier molecular flexibility index (Phi) is 6.63. The smallest absolute Gasteiger partial charge is 0.231 e. The number of H-pyrrole nitrogens is 1. The highest BCUT2D eigenvalue weighted by Gasteiger charge is 2.40. The van der Waals surface area contributed by atoms with Crippen LogP contribution >= 0.6 is 0 Å². The number of nitrogens with one attached hydrogen (secondary N) is 3. The Morgan fingerprint density at radius 3 is 2.67 bits per heavy atom. The van der Waals surface area contributed by atoms with E-state index in [2.05, 4.69) is 25.6 Å². The van der Waals surface area contributed by atoms with Crippen LogP contribution in [0, 0.1) is 28.5 Å². The number of carbonyl (C=O) groups excluding carboxylic acids is 1. The predicted octanol–water partition coefficient (Wildman–Crippen LogP) is 3.19. The maximum Gasteiger partial charge on any atom is 0.231 e. The Morgan fingerprint density at radius 1 is 1.22 bits per heavy atom. The standard InChI is InChI=1S/C25H26FN7O3/c1-25(23(34)28-11-9-27)13-35-22(36-14-25)21-32-19(16-4-6-17(26)7-5-16)20(33-21)18-8-10-29-24(31-18)30-12-15-2-3-15/h4-8,10,15,22H,2-3,11-14H2,1H3,(H,28,34)(H,32,33)(H,29,30,31). The van der Waals surface area contributed by atoms with Crippen molar-refractivity contribution in [2.45, 2.75) is 26.1 Å². The second kappa shape index (κ2) is 10.0. The molecule has 1 amide bonds. The van der Waals surface area contributed by atoms with E-state index >= 15 is 0 Å². The van der Waals surface area contributed by atoms with Crippen LogP contribution in [0.1, 0.15) is 31.9 Å². The minimum Gasteiger partial charge on any atom is -0.354 e. The average molecular weight is 492 g/mol. The highest BCUT2D eigenvalue weighted by atomic mass is 19.1. The van der Waals surface area contributed by atoms with Gasteiger partial charge < -0.3 is 25.1 Å². The van der Waals surface area contributed by atoms with Crippen LogP contribution in [-0.4, -0.2) is 52.1 Å². The molecule has 1 aliphatic carbocycles. The summed E-state index contributed by atoms with van der Waals surface area (Å²) in [6.45, 7) is 2.62. The highest BCUT2D eigenvalue weighted by molar-refractivity contribution is 5.83. The van der Waals surface area contributed by atoms with Crippen molar-refractivity contribution in [3.05, 3.63) is 48.2 Å². The lowest BCUT2D eigenvalue weighted by molar-refractivity contribution is -0.230. The molecule has 0 bridgehead atoms. The number of rotatable bonds is 8. The quantitative estimate of drug-likeness (QED) is 0.409. The van der Waals surface area contributed by atoms with Crippen molar-refractivity contribution < 1.29 is 18.7 Å². The van der Waals surface area contributed by atoms with Gasteiger partial charge >= 0.3 is 0 Å². The predicted molar refractivity (Wildman–Crippen MR) is 128 cm³/mol. The molecule has 0 spiro atoms. The Balaban J connectivity index is 1.41. The van der Waals surface area contributed by atoms with E-state index in [1.54, 1.807) is 31.3 Å². The molecule has 2 aliphatic rings. The Morgan fingerprint density at radius 2 is 1.97 bits per heavy atom. The van der Waals surface area contributed by atoms with Crippen LogP contribution in [0.25, 0.3) is 22.6 Å². The number of halogens is 1. The van der Waals surface area contributed by atoms with Crippen LogP contribution in [0.4, 0.5) is 10.3 Å². The fraction of sp³-hybridized carbons (Fsp3) is 0.400. The van der Waals surface area contributed by atoms with Crippen molar-refractivity contribution in [3.8, 4) is 28.7 Å². The zero-order chi connectivity index (χ0) is 25.1. The summed E-state index contributed by atoms with van der Waals surface area (Å²) in [6.07, 6.45) is 3.26.